The average molecular weight is 333 g/mol. The Balaban J connectivity index is 1.39. The van der Waals surface area contributed by atoms with Gasteiger partial charge >= 0.3 is 0 Å². The summed E-state index contributed by atoms with van der Waals surface area (Å²) in [5.74, 6) is 1.83. The van der Waals surface area contributed by atoms with Crippen LogP contribution in [0.25, 0.3) is 0 Å². The van der Waals surface area contributed by atoms with Crippen molar-refractivity contribution < 1.29 is 4.79 Å². The number of fused-ring (bicyclic) bond motifs is 2. The normalized spacial score (nSPS) is 32.2. The van der Waals surface area contributed by atoms with Crippen molar-refractivity contribution in [3.05, 3.63) is 59.8 Å². The van der Waals surface area contributed by atoms with E-state index in [0.717, 1.165) is 30.8 Å². The second-order valence-corrected chi connectivity index (χ2v) is 7.72. The Morgan fingerprint density at radius 3 is 2.88 bits per heavy atom. The minimum atomic E-state index is 0.0701. The van der Waals surface area contributed by atoms with Crippen LogP contribution in [0.3, 0.4) is 0 Å². The van der Waals surface area contributed by atoms with Crippen LogP contribution in [-0.2, 0) is 10.2 Å². The molecule has 128 valence electrons. The molecule has 2 bridgehead atoms. The van der Waals surface area contributed by atoms with Crippen molar-refractivity contribution in [3.63, 3.8) is 0 Å². The average Bonchev–Trinajstić information content (AvgIpc) is 3.24. The molecule has 2 aromatic rings. The zero-order valence-electron chi connectivity index (χ0n) is 14.2. The third-order valence-electron chi connectivity index (χ3n) is 6.54. The maximum absolute atomic E-state index is 13.2. The van der Waals surface area contributed by atoms with E-state index in [0.29, 0.717) is 5.92 Å². The fourth-order valence-corrected chi connectivity index (χ4v) is 5.40. The number of carbonyl (C=O) groups excluding carboxylic acids is 1. The van der Waals surface area contributed by atoms with Crippen LogP contribution in [0.15, 0.2) is 48.7 Å². The van der Waals surface area contributed by atoms with Crippen molar-refractivity contribution in [1.82, 2.24) is 10.3 Å². The first-order chi connectivity index (χ1) is 12.3. The van der Waals surface area contributed by atoms with E-state index in [1.807, 2.05) is 6.07 Å². The lowest BCUT2D eigenvalue weighted by Gasteiger charge is -2.47. The van der Waals surface area contributed by atoms with Crippen LogP contribution in [0.1, 0.15) is 42.9 Å². The van der Waals surface area contributed by atoms with Gasteiger partial charge in [-0.2, -0.15) is 0 Å². The van der Waals surface area contributed by atoms with Crippen molar-refractivity contribution in [3.8, 4) is 0 Å². The maximum Gasteiger partial charge on any atom is 0.224 e. The molecular weight excluding hydrogens is 310 g/mol. The predicted octanol–water partition coefficient (Wildman–Crippen LogP) is 3.42. The van der Waals surface area contributed by atoms with Gasteiger partial charge in [0.1, 0.15) is 5.82 Å². The molecule has 1 aromatic carbocycles. The molecule has 3 aliphatic carbocycles. The Kier molecular flexibility index (Phi) is 3.34. The Bertz CT molecular complexity index is 802. The van der Waals surface area contributed by atoms with E-state index in [1.165, 1.54) is 18.4 Å². The lowest BCUT2D eigenvalue weighted by atomic mass is 9.56. The molecule has 0 saturated heterocycles. The summed E-state index contributed by atoms with van der Waals surface area (Å²) in [5, 5.41) is 6.68. The van der Waals surface area contributed by atoms with Crippen molar-refractivity contribution in [2.24, 2.45) is 11.8 Å². The van der Waals surface area contributed by atoms with Crippen LogP contribution in [0, 0.1) is 11.8 Å². The zero-order chi connectivity index (χ0) is 16.9. The molecule has 1 amide bonds. The van der Waals surface area contributed by atoms with Crippen LogP contribution < -0.4 is 10.6 Å². The molecule has 4 aliphatic rings. The van der Waals surface area contributed by atoms with E-state index in [4.69, 9.17) is 0 Å². The van der Waals surface area contributed by atoms with E-state index in [1.54, 1.807) is 6.20 Å². The summed E-state index contributed by atoms with van der Waals surface area (Å²) < 4.78 is 0. The van der Waals surface area contributed by atoms with Gasteiger partial charge in [0.15, 0.2) is 0 Å². The number of nitrogens with one attached hydrogen (secondary N) is 2. The standard InChI is InChI=1S/C21H23N3O/c25-20(24-17-9-12-23-19-16(17)7-4-11-22-19)18-14-8-10-21(18,13-14)15-5-2-1-3-6-15/h1-7,11,14,17-18H,8-10,12-13H2,(H,22,23)(H,24,25)/t14-,17?,18+,21+/m1/s1. The fourth-order valence-electron chi connectivity index (χ4n) is 5.40. The van der Waals surface area contributed by atoms with Gasteiger partial charge in [0.25, 0.3) is 0 Å². The molecule has 2 heterocycles. The highest BCUT2D eigenvalue weighted by Crippen LogP contribution is 2.64. The lowest BCUT2D eigenvalue weighted by molar-refractivity contribution is -0.133. The van der Waals surface area contributed by atoms with E-state index < -0.39 is 0 Å². The van der Waals surface area contributed by atoms with Crippen molar-refractivity contribution in [2.45, 2.75) is 37.1 Å². The van der Waals surface area contributed by atoms with Crippen molar-refractivity contribution in [2.75, 3.05) is 11.9 Å². The Hall–Kier alpha value is -2.36. The first-order valence-corrected chi connectivity index (χ1v) is 9.33. The van der Waals surface area contributed by atoms with Crippen LogP contribution in [0.2, 0.25) is 0 Å². The van der Waals surface area contributed by atoms with Gasteiger partial charge in [-0.1, -0.05) is 36.4 Å². The summed E-state index contributed by atoms with van der Waals surface area (Å²) in [6.07, 6.45) is 6.20. The number of rotatable bonds is 3. The third kappa shape index (κ3) is 2.20. The third-order valence-corrected chi connectivity index (χ3v) is 6.54. The quantitative estimate of drug-likeness (QED) is 0.905. The number of hydrogen-bond donors (Lipinski definition) is 2. The second-order valence-electron chi connectivity index (χ2n) is 7.72. The van der Waals surface area contributed by atoms with E-state index in [-0.39, 0.29) is 23.3 Å². The van der Waals surface area contributed by atoms with E-state index in [2.05, 4.69) is 52.0 Å². The Morgan fingerprint density at radius 2 is 2.04 bits per heavy atom. The number of hydrogen-bond acceptors (Lipinski definition) is 3. The van der Waals surface area contributed by atoms with Crippen LogP contribution in [0.4, 0.5) is 5.82 Å². The predicted molar refractivity (Wildman–Crippen MR) is 97.2 cm³/mol. The van der Waals surface area contributed by atoms with Crippen LogP contribution in [-0.4, -0.2) is 17.4 Å². The number of nitrogens with zero attached hydrogens (tertiary/aromatic N) is 1. The van der Waals surface area contributed by atoms with Crippen molar-refractivity contribution in [1.29, 1.82) is 0 Å². The largest absolute Gasteiger partial charge is 0.370 e. The second kappa shape index (κ2) is 5.58. The van der Waals surface area contributed by atoms with Gasteiger partial charge in [0, 0.05) is 23.7 Å². The number of amides is 1. The summed E-state index contributed by atoms with van der Waals surface area (Å²) in [4.78, 5) is 17.6. The monoisotopic (exact) mass is 333 g/mol. The first-order valence-electron chi connectivity index (χ1n) is 9.33. The molecular formula is C21H23N3O. The highest BCUT2D eigenvalue weighted by Gasteiger charge is 2.62. The smallest absolute Gasteiger partial charge is 0.224 e. The topological polar surface area (TPSA) is 54.0 Å². The van der Waals surface area contributed by atoms with Gasteiger partial charge in [-0.05, 0) is 43.2 Å². The molecule has 3 fully saturated rings. The molecule has 4 atom stereocenters. The van der Waals surface area contributed by atoms with Gasteiger partial charge in [-0.25, -0.2) is 4.98 Å². The van der Waals surface area contributed by atoms with Gasteiger partial charge in [-0.3, -0.25) is 4.79 Å². The van der Waals surface area contributed by atoms with Gasteiger partial charge in [0.05, 0.1) is 12.0 Å². The van der Waals surface area contributed by atoms with Crippen LogP contribution >= 0.6 is 0 Å². The highest BCUT2D eigenvalue weighted by molar-refractivity contribution is 5.83. The fraction of sp³-hybridized carbons (Fsp3) is 0.429. The molecule has 25 heavy (non-hydrogen) atoms. The Morgan fingerprint density at radius 1 is 1.16 bits per heavy atom. The molecule has 3 saturated carbocycles. The summed E-state index contributed by atoms with van der Waals surface area (Å²) in [5.41, 5.74) is 2.53. The number of anilines is 1. The number of benzene rings is 1. The summed E-state index contributed by atoms with van der Waals surface area (Å²) in [7, 11) is 0. The summed E-state index contributed by atoms with van der Waals surface area (Å²) in [6.45, 7) is 0.854. The number of pyridine rings is 1. The zero-order valence-corrected chi connectivity index (χ0v) is 14.2. The highest BCUT2D eigenvalue weighted by atomic mass is 16.2. The molecule has 1 unspecified atom stereocenters. The van der Waals surface area contributed by atoms with Gasteiger partial charge in [-0.15, -0.1) is 0 Å². The van der Waals surface area contributed by atoms with E-state index >= 15 is 0 Å². The molecule has 0 spiro atoms. The number of aromatic nitrogens is 1. The molecule has 4 heteroatoms. The minimum Gasteiger partial charge on any atom is -0.370 e. The van der Waals surface area contributed by atoms with Gasteiger partial charge in [0.2, 0.25) is 5.91 Å². The van der Waals surface area contributed by atoms with E-state index in [9.17, 15) is 4.79 Å². The maximum atomic E-state index is 13.2. The minimum absolute atomic E-state index is 0.0701. The molecule has 2 N–H and O–H groups in total. The summed E-state index contributed by atoms with van der Waals surface area (Å²) in [6, 6.07) is 14.7. The first kappa shape index (κ1) is 14.9. The number of carbonyl (C=O) groups is 1. The molecule has 6 rings (SSSR count). The van der Waals surface area contributed by atoms with Crippen LogP contribution in [0.5, 0.6) is 0 Å². The summed E-state index contributed by atoms with van der Waals surface area (Å²) >= 11 is 0. The molecule has 0 radical (unpaired) electrons. The van der Waals surface area contributed by atoms with Crippen molar-refractivity contribution >= 4 is 11.7 Å². The SMILES string of the molecule is O=C(NC1CCNc2ncccc21)[C@@H]1[C@@H]2CC[C@@]1(c1ccccc1)C2. The molecule has 1 aliphatic heterocycles. The molecule has 4 nitrogen and oxygen atoms in total. The molecule has 1 aromatic heterocycles. The Labute approximate surface area is 148 Å². The van der Waals surface area contributed by atoms with Gasteiger partial charge < -0.3 is 10.6 Å². The lowest BCUT2D eigenvalue weighted by Crippen LogP contribution is -2.53.